The first-order valence-electron chi connectivity index (χ1n) is 8.17. The molecule has 10 heteroatoms. The zero-order valence-electron chi connectivity index (χ0n) is 15.0. The Morgan fingerprint density at radius 3 is 2.45 bits per heavy atom. The van der Waals surface area contributed by atoms with Crippen LogP contribution in [-0.4, -0.2) is 32.4 Å². The summed E-state index contributed by atoms with van der Waals surface area (Å²) in [6.45, 7) is 0. The van der Waals surface area contributed by atoms with E-state index >= 15 is 0 Å². The van der Waals surface area contributed by atoms with E-state index in [1.807, 2.05) is 0 Å². The molecule has 29 heavy (non-hydrogen) atoms. The van der Waals surface area contributed by atoms with Crippen LogP contribution in [0.15, 0.2) is 64.9 Å². The van der Waals surface area contributed by atoms with Crippen molar-refractivity contribution in [1.29, 1.82) is 0 Å². The highest BCUT2D eigenvalue weighted by Crippen LogP contribution is 2.29. The van der Waals surface area contributed by atoms with Gasteiger partial charge in [-0.15, -0.1) is 11.3 Å². The fraction of sp³-hybridized carbons (Fsp3) is 0.0526. The molecule has 0 atom stereocenters. The van der Waals surface area contributed by atoms with Gasteiger partial charge in [-0.3, -0.25) is 9.10 Å². The van der Waals surface area contributed by atoms with Crippen molar-refractivity contribution in [3.05, 3.63) is 75.4 Å². The van der Waals surface area contributed by atoms with Crippen molar-refractivity contribution in [2.75, 3.05) is 16.7 Å². The van der Waals surface area contributed by atoms with Crippen molar-refractivity contribution in [2.24, 2.45) is 0 Å². The van der Waals surface area contributed by atoms with Gasteiger partial charge < -0.3 is 10.4 Å². The number of anilines is 2. The molecule has 7 nitrogen and oxygen atoms in total. The molecule has 1 amide bonds. The lowest BCUT2D eigenvalue weighted by molar-refractivity contribution is 0.0696. The van der Waals surface area contributed by atoms with Crippen LogP contribution in [0.4, 0.5) is 11.4 Å². The zero-order valence-corrected chi connectivity index (χ0v) is 17.4. The molecule has 3 aromatic rings. The highest BCUT2D eigenvalue weighted by Gasteiger charge is 2.28. The number of benzene rings is 2. The summed E-state index contributed by atoms with van der Waals surface area (Å²) in [4.78, 5) is 23.6. The van der Waals surface area contributed by atoms with Crippen LogP contribution in [-0.2, 0) is 10.0 Å². The van der Waals surface area contributed by atoms with Crippen LogP contribution in [0.2, 0.25) is 5.02 Å². The summed E-state index contributed by atoms with van der Waals surface area (Å²) in [7, 11) is -2.62. The Bertz CT molecular complexity index is 1170. The Labute approximate surface area is 176 Å². The molecule has 2 aromatic carbocycles. The summed E-state index contributed by atoms with van der Waals surface area (Å²) in [5.74, 6) is -1.78. The lowest BCUT2D eigenvalue weighted by Gasteiger charge is -2.19. The van der Waals surface area contributed by atoms with Crippen LogP contribution >= 0.6 is 22.9 Å². The lowest BCUT2D eigenvalue weighted by atomic mass is 10.2. The van der Waals surface area contributed by atoms with Gasteiger partial charge in [0.2, 0.25) is 0 Å². The maximum Gasteiger partial charge on any atom is 0.335 e. The number of thiophene rings is 1. The third-order valence-corrected chi connectivity index (χ3v) is 7.15. The van der Waals surface area contributed by atoms with Gasteiger partial charge in [0.25, 0.3) is 15.9 Å². The maximum absolute atomic E-state index is 13.0. The number of hydrogen-bond donors (Lipinski definition) is 2. The van der Waals surface area contributed by atoms with Crippen LogP contribution < -0.4 is 9.62 Å². The number of hydrogen-bond acceptors (Lipinski definition) is 5. The lowest BCUT2D eigenvalue weighted by Crippen LogP contribution is -2.28. The largest absolute Gasteiger partial charge is 0.478 e. The van der Waals surface area contributed by atoms with Crippen molar-refractivity contribution in [1.82, 2.24) is 0 Å². The standard InChI is InChI=1S/C19H15ClN2O5S2/c1-22(15-7-5-13(20)6-8-15)29(26,27)16-9-10-28-17(16)18(23)21-14-4-2-3-12(11-14)19(24)25/h2-11H,1H3,(H,21,23)(H,24,25). The number of nitrogens with one attached hydrogen (secondary N) is 1. The number of rotatable bonds is 6. The van der Waals surface area contributed by atoms with E-state index in [4.69, 9.17) is 16.7 Å². The second-order valence-electron chi connectivity index (χ2n) is 5.90. The first-order valence-corrected chi connectivity index (χ1v) is 10.9. The number of carbonyl (C=O) groups excluding carboxylic acids is 1. The molecular weight excluding hydrogens is 436 g/mol. The van der Waals surface area contributed by atoms with E-state index in [-0.39, 0.29) is 21.0 Å². The summed E-state index contributed by atoms with van der Waals surface area (Å²) in [6.07, 6.45) is 0. The average Bonchev–Trinajstić information content (AvgIpc) is 3.19. The van der Waals surface area contributed by atoms with Crippen molar-refractivity contribution in [2.45, 2.75) is 4.90 Å². The molecule has 0 aliphatic carbocycles. The number of carboxylic acid groups (broad SMARTS) is 1. The van der Waals surface area contributed by atoms with E-state index in [0.717, 1.165) is 15.6 Å². The molecule has 0 aliphatic heterocycles. The third kappa shape index (κ3) is 4.42. The Hall–Kier alpha value is -2.88. The van der Waals surface area contributed by atoms with Crippen LogP contribution in [0.5, 0.6) is 0 Å². The van der Waals surface area contributed by atoms with Gasteiger partial charge in [0.05, 0.1) is 11.3 Å². The summed E-state index contributed by atoms with van der Waals surface area (Å²) in [6, 6.07) is 13.3. The second kappa shape index (κ2) is 8.24. The van der Waals surface area contributed by atoms with Crippen LogP contribution in [0, 0.1) is 0 Å². The minimum absolute atomic E-state index is 0.00398. The summed E-state index contributed by atoms with van der Waals surface area (Å²) in [5.41, 5.74) is 0.642. The average molecular weight is 451 g/mol. The first-order chi connectivity index (χ1) is 13.7. The molecule has 0 bridgehead atoms. The molecule has 3 rings (SSSR count). The minimum Gasteiger partial charge on any atom is -0.478 e. The molecular formula is C19H15ClN2O5S2. The Kier molecular flexibility index (Phi) is 5.92. The number of nitrogens with zero attached hydrogens (tertiary/aromatic N) is 1. The van der Waals surface area contributed by atoms with E-state index in [0.29, 0.717) is 10.7 Å². The summed E-state index contributed by atoms with van der Waals surface area (Å²) >= 11 is 6.82. The normalized spacial score (nSPS) is 11.1. The molecule has 0 saturated carbocycles. The Morgan fingerprint density at radius 2 is 1.79 bits per heavy atom. The van der Waals surface area contributed by atoms with Gasteiger partial charge in [-0.05, 0) is 53.9 Å². The van der Waals surface area contributed by atoms with Crippen molar-refractivity contribution >= 4 is 56.2 Å². The molecule has 150 valence electrons. The van der Waals surface area contributed by atoms with Crippen LogP contribution in [0.25, 0.3) is 0 Å². The van der Waals surface area contributed by atoms with Crippen LogP contribution in [0.3, 0.4) is 0 Å². The van der Waals surface area contributed by atoms with Crippen LogP contribution in [0.1, 0.15) is 20.0 Å². The first kappa shape index (κ1) is 20.8. The smallest absolute Gasteiger partial charge is 0.335 e. The number of halogens is 1. The summed E-state index contributed by atoms with van der Waals surface area (Å²) in [5, 5.41) is 13.6. The monoisotopic (exact) mass is 450 g/mol. The molecule has 0 aliphatic rings. The maximum atomic E-state index is 13.0. The van der Waals surface area contributed by atoms with Gasteiger partial charge in [0.15, 0.2) is 0 Å². The Morgan fingerprint density at radius 1 is 1.10 bits per heavy atom. The van der Waals surface area contributed by atoms with Gasteiger partial charge in [0.1, 0.15) is 9.77 Å². The molecule has 0 unspecified atom stereocenters. The van der Waals surface area contributed by atoms with E-state index in [1.54, 1.807) is 24.3 Å². The molecule has 0 fully saturated rings. The molecule has 0 radical (unpaired) electrons. The molecule has 1 aromatic heterocycles. The van der Waals surface area contributed by atoms with Gasteiger partial charge in [-0.1, -0.05) is 17.7 Å². The second-order valence-corrected chi connectivity index (χ2v) is 9.19. The Balaban J connectivity index is 1.89. The quantitative estimate of drug-likeness (QED) is 0.586. The van der Waals surface area contributed by atoms with E-state index in [1.165, 1.54) is 42.8 Å². The number of amides is 1. The molecule has 0 spiro atoms. The van der Waals surface area contributed by atoms with Crippen molar-refractivity contribution < 1.29 is 23.1 Å². The van der Waals surface area contributed by atoms with Gasteiger partial charge in [-0.25, -0.2) is 13.2 Å². The molecule has 2 N–H and O–H groups in total. The van der Waals surface area contributed by atoms with Crippen molar-refractivity contribution in [3.63, 3.8) is 0 Å². The highest BCUT2D eigenvalue weighted by molar-refractivity contribution is 7.93. The topological polar surface area (TPSA) is 104 Å². The highest BCUT2D eigenvalue weighted by atomic mass is 35.5. The summed E-state index contributed by atoms with van der Waals surface area (Å²) < 4.78 is 27.1. The SMILES string of the molecule is CN(c1ccc(Cl)cc1)S(=O)(=O)c1ccsc1C(=O)Nc1cccc(C(=O)O)c1. The number of aromatic carboxylic acids is 1. The van der Waals surface area contributed by atoms with Gasteiger partial charge >= 0.3 is 5.97 Å². The van der Waals surface area contributed by atoms with Gasteiger partial charge in [-0.2, -0.15) is 0 Å². The van der Waals surface area contributed by atoms with Crippen molar-refractivity contribution in [3.8, 4) is 0 Å². The predicted octanol–water partition coefficient (Wildman–Crippen LogP) is 4.18. The number of carbonyl (C=O) groups is 2. The van der Waals surface area contributed by atoms with E-state index in [9.17, 15) is 18.0 Å². The predicted molar refractivity (Wildman–Crippen MR) is 113 cm³/mol. The fourth-order valence-electron chi connectivity index (χ4n) is 2.52. The van der Waals surface area contributed by atoms with E-state index in [2.05, 4.69) is 5.32 Å². The minimum atomic E-state index is -4.01. The molecule has 1 heterocycles. The zero-order chi connectivity index (χ0) is 21.2. The molecule has 0 saturated heterocycles. The van der Waals surface area contributed by atoms with E-state index < -0.39 is 21.9 Å². The third-order valence-electron chi connectivity index (χ3n) is 4.03. The number of carboxylic acids is 1. The fourth-order valence-corrected chi connectivity index (χ4v) is 5.14. The van der Waals surface area contributed by atoms with Gasteiger partial charge in [0, 0.05) is 17.8 Å². The number of sulfonamides is 1.